The van der Waals surface area contributed by atoms with E-state index in [1.807, 2.05) is 0 Å². The lowest BCUT2D eigenvalue weighted by Gasteiger charge is -2.39. The number of fused-ring (bicyclic) bond motifs is 1. The third-order valence-corrected chi connectivity index (χ3v) is 4.00. The van der Waals surface area contributed by atoms with Crippen LogP contribution in [0.2, 0.25) is 0 Å². The van der Waals surface area contributed by atoms with Crippen molar-refractivity contribution in [3.05, 3.63) is 29.8 Å². The molecule has 0 bridgehead atoms. The summed E-state index contributed by atoms with van der Waals surface area (Å²) in [5.74, 6) is 0. The van der Waals surface area contributed by atoms with Crippen LogP contribution in [0.4, 0.5) is 5.69 Å². The smallest absolute Gasteiger partial charge is 0.0615 e. The summed E-state index contributed by atoms with van der Waals surface area (Å²) in [6.45, 7) is 5.65. The number of para-hydroxylation sites is 1. The SMILES string of the molecule is COCCN(C(C)COC)C1CNc2ccccc2C1. The molecule has 0 spiro atoms. The summed E-state index contributed by atoms with van der Waals surface area (Å²) in [5, 5.41) is 3.54. The maximum Gasteiger partial charge on any atom is 0.0615 e. The van der Waals surface area contributed by atoms with Crippen molar-refractivity contribution in [2.75, 3.05) is 45.8 Å². The minimum Gasteiger partial charge on any atom is -0.383 e. The molecule has 0 amide bonds. The lowest BCUT2D eigenvalue weighted by Crippen LogP contribution is -2.50. The van der Waals surface area contributed by atoms with Gasteiger partial charge in [-0.25, -0.2) is 0 Å². The van der Waals surface area contributed by atoms with Crippen molar-refractivity contribution in [3.8, 4) is 0 Å². The molecule has 0 saturated carbocycles. The van der Waals surface area contributed by atoms with Crippen molar-refractivity contribution in [3.63, 3.8) is 0 Å². The van der Waals surface area contributed by atoms with Gasteiger partial charge in [0, 0.05) is 45.1 Å². The van der Waals surface area contributed by atoms with E-state index in [1.165, 1.54) is 11.3 Å². The highest BCUT2D eigenvalue weighted by atomic mass is 16.5. The van der Waals surface area contributed by atoms with Crippen molar-refractivity contribution < 1.29 is 9.47 Å². The number of rotatable bonds is 7. The molecule has 1 aliphatic rings. The van der Waals surface area contributed by atoms with Gasteiger partial charge in [-0.2, -0.15) is 0 Å². The van der Waals surface area contributed by atoms with Crippen LogP contribution >= 0.6 is 0 Å². The van der Waals surface area contributed by atoms with Gasteiger partial charge in [0.05, 0.1) is 13.2 Å². The molecule has 20 heavy (non-hydrogen) atoms. The summed E-state index contributed by atoms with van der Waals surface area (Å²) >= 11 is 0. The zero-order valence-electron chi connectivity index (χ0n) is 12.8. The molecule has 0 aromatic heterocycles. The van der Waals surface area contributed by atoms with Crippen LogP contribution in [0.15, 0.2) is 24.3 Å². The fourth-order valence-corrected chi connectivity index (χ4v) is 2.96. The standard InChI is InChI=1S/C16H26N2O2/c1-13(12-20-3)18(8-9-19-2)15-10-14-6-4-5-7-16(14)17-11-15/h4-7,13,15,17H,8-12H2,1-3H3. The third kappa shape index (κ3) is 3.72. The lowest BCUT2D eigenvalue weighted by molar-refractivity contribution is 0.0494. The molecule has 4 heteroatoms. The quantitative estimate of drug-likeness (QED) is 0.827. The van der Waals surface area contributed by atoms with Gasteiger partial charge in [-0.3, -0.25) is 4.90 Å². The fraction of sp³-hybridized carbons (Fsp3) is 0.625. The zero-order chi connectivity index (χ0) is 14.4. The van der Waals surface area contributed by atoms with Gasteiger partial charge in [0.2, 0.25) is 0 Å². The van der Waals surface area contributed by atoms with E-state index >= 15 is 0 Å². The Kier molecular flexibility index (Phi) is 5.83. The summed E-state index contributed by atoms with van der Waals surface area (Å²) in [5.41, 5.74) is 2.67. The predicted molar refractivity (Wildman–Crippen MR) is 82.3 cm³/mol. The summed E-state index contributed by atoms with van der Waals surface area (Å²) in [6, 6.07) is 9.45. The number of benzene rings is 1. The van der Waals surface area contributed by atoms with E-state index in [-0.39, 0.29) is 0 Å². The van der Waals surface area contributed by atoms with Crippen molar-refractivity contribution in [2.24, 2.45) is 0 Å². The van der Waals surface area contributed by atoms with Crippen LogP contribution in [-0.2, 0) is 15.9 Å². The first-order valence-corrected chi connectivity index (χ1v) is 7.31. The molecule has 0 saturated heterocycles. The average molecular weight is 278 g/mol. The summed E-state index contributed by atoms with van der Waals surface area (Å²) in [6.07, 6.45) is 1.08. The fourth-order valence-electron chi connectivity index (χ4n) is 2.96. The van der Waals surface area contributed by atoms with Crippen LogP contribution in [0.3, 0.4) is 0 Å². The van der Waals surface area contributed by atoms with E-state index in [0.29, 0.717) is 12.1 Å². The van der Waals surface area contributed by atoms with Crippen LogP contribution in [0.1, 0.15) is 12.5 Å². The predicted octanol–water partition coefficient (Wildman–Crippen LogP) is 2.01. The summed E-state index contributed by atoms with van der Waals surface area (Å²) < 4.78 is 10.6. The Morgan fingerprint density at radius 2 is 2.10 bits per heavy atom. The van der Waals surface area contributed by atoms with Gasteiger partial charge in [0.1, 0.15) is 0 Å². The van der Waals surface area contributed by atoms with Crippen molar-refractivity contribution in [1.29, 1.82) is 0 Å². The minimum absolute atomic E-state index is 0.396. The molecule has 2 rings (SSSR count). The Bertz CT molecular complexity index is 411. The first-order valence-electron chi connectivity index (χ1n) is 7.31. The second-order valence-corrected chi connectivity index (χ2v) is 5.43. The van der Waals surface area contributed by atoms with Gasteiger partial charge < -0.3 is 14.8 Å². The number of methoxy groups -OCH3 is 2. The lowest BCUT2D eigenvalue weighted by atomic mass is 9.97. The Hall–Kier alpha value is -1.10. The minimum atomic E-state index is 0.396. The molecular weight excluding hydrogens is 252 g/mol. The topological polar surface area (TPSA) is 33.7 Å². The monoisotopic (exact) mass is 278 g/mol. The maximum absolute atomic E-state index is 5.32. The molecule has 0 fully saturated rings. The average Bonchev–Trinajstić information content (AvgIpc) is 2.48. The highest BCUT2D eigenvalue weighted by Gasteiger charge is 2.27. The largest absolute Gasteiger partial charge is 0.383 e. The number of nitrogens with one attached hydrogen (secondary N) is 1. The van der Waals surface area contributed by atoms with E-state index in [2.05, 4.69) is 41.4 Å². The molecule has 2 atom stereocenters. The number of nitrogens with zero attached hydrogens (tertiary/aromatic N) is 1. The van der Waals surface area contributed by atoms with E-state index in [1.54, 1.807) is 14.2 Å². The van der Waals surface area contributed by atoms with E-state index in [9.17, 15) is 0 Å². The first kappa shape index (κ1) is 15.3. The van der Waals surface area contributed by atoms with Gasteiger partial charge in [0.15, 0.2) is 0 Å². The second kappa shape index (κ2) is 7.62. The van der Waals surface area contributed by atoms with Gasteiger partial charge in [-0.05, 0) is 25.0 Å². The van der Waals surface area contributed by atoms with Crippen molar-refractivity contribution in [1.82, 2.24) is 4.90 Å². The number of hydrogen-bond donors (Lipinski definition) is 1. The molecule has 4 nitrogen and oxygen atoms in total. The molecule has 1 aromatic rings. The van der Waals surface area contributed by atoms with Gasteiger partial charge in [-0.15, -0.1) is 0 Å². The van der Waals surface area contributed by atoms with E-state index in [4.69, 9.17) is 9.47 Å². The molecule has 0 aliphatic carbocycles. The number of anilines is 1. The third-order valence-electron chi connectivity index (χ3n) is 4.00. The highest BCUT2D eigenvalue weighted by Crippen LogP contribution is 2.24. The maximum atomic E-state index is 5.32. The Balaban J connectivity index is 2.06. The van der Waals surface area contributed by atoms with Crippen LogP contribution < -0.4 is 5.32 Å². The zero-order valence-corrected chi connectivity index (χ0v) is 12.8. The van der Waals surface area contributed by atoms with E-state index < -0.39 is 0 Å². The Labute approximate surface area is 122 Å². The van der Waals surface area contributed by atoms with Gasteiger partial charge >= 0.3 is 0 Å². The van der Waals surface area contributed by atoms with E-state index in [0.717, 1.165) is 32.7 Å². The molecule has 112 valence electrons. The van der Waals surface area contributed by atoms with Gasteiger partial charge in [-0.1, -0.05) is 18.2 Å². The van der Waals surface area contributed by atoms with Crippen LogP contribution in [0.5, 0.6) is 0 Å². The molecule has 1 heterocycles. The summed E-state index contributed by atoms with van der Waals surface area (Å²) in [4.78, 5) is 2.50. The molecule has 1 aliphatic heterocycles. The molecule has 1 aromatic carbocycles. The molecule has 1 N–H and O–H groups in total. The first-order chi connectivity index (χ1) is 9.76. The molecule has 0 radical (unpaired) electrons. The van der Waals surface area contributed by atoms with Crippen LogP contribution in [0.25, 0.3) is 0 Å². The van der Waals surface area contributed by atoms with Crippen molar-refractivity contribution >= 4 is 5.69 Å². The molecular formula is C16H26N2O2. The van der Waals surface area contributed by atoms with Crippen LogP contribution in [-0.4, -0.2) is 57.5 Å². The second-order valence-electron chi connectivity index (χ2n) is 5.43. The molecule has 2 unspecified atom stereocenters. The number of hydrogen-bond acceptors (Lipinski definition) is 4. The van der Waals surface area contributed by atoms with Crippen LogP contribution in [0, 0.1) is 0 Å². The number of ether oxygens (including phenoxy) is 2. The Morgan fingerprint density at radius 1 is 1.30 bits per heavy atom. The normalized spacial score (nSPS) is 19.5. The summed E-state index contributed by atoms with van der Waals surface area (Å²) in [7, 11) is 3.52. The van der Waals surface area contributed by atoms with Crippen molar-refractivity contribution in [2.45, 2.75) is 25.4 Å². The van der Waals surface area contributed by atoms with Gasteiger partial charge in [0.25, 0.3) is 0 Å². The highest BCUT2D eigenvalue weighted by molar-refractivity contribution is 5.53. The Morgan fingerprint density at radius 3 is 2.85 bits per heavy atom.